The first-order valence-electron chi connectivity index (χ1n) is 11.4. The minimum absolute atomic E-state index is 0.303. The van der Waals surface area contributed by atoms with E-state index in [1.165, 1.54) is 64.2 Å². The summed E-state index contributed by atoms with van der Waals surface area (Å²) in [6.07, 6.45) is 17.3. The molecule has 166 valence electrons. The summed E-state index contributed by atoms with van der Waals surface area (Å²) in [6, 6.07) is 0. The van der Waals surface area contributed by atoms with Crippen LogP contribution in [0, 0.1) is 23.7 Å². The van der Waals surface area contributed by atoms with Crippen LogP contribution in [0.2, 0.25) is 0 Å². The van der Waals surface area contributed by atoms with Crippen molar-refractivity contribution in [2.45, 2.75) is 115 Å². The minimum atomic E-state index is -1.34. The fraction of sp³-hybridized carbons (Fsp3) is 0.760. The van der Waals surface area contributed by atoms with Gasteiger partial charge in [0.15, 0.2) is 0 Å². The van der Waals surface area contributed by atoms with Crippen LogP contribution in [0.5, 0.6) is 0 Å². The van der Waals surface area contributed by atoms with Crippen LogP contribution in [-0.2, 0) is 0 Å². The lowest BCUT2D eigenvalue weighted by Gasteiger charge is -2.19. The predicted octanol–water partition coefficient (Wildman–Crippen LogP) is 4.11. The van der Waals surface area contributed by atoms with Crippen molar-refractivity contribution in [2.24, 2.45) is 0 Å². The van der Waals surface area contributed by atoms with Crippen LogP contribution >= 0.6 is 0 Å². The van der Waals surface area contributed by atoms with E-state index in [4.69, 9.17) is 5.11 Å². The Bertz CT molecular complexity index is 506. The number of aliphatic hydroxyl groups is 4. The van der Waals surface area contributed by atoms with Crippen LogP contribution in [0.25, 0.3) is 0 Å². The Balaban J connectivity index is 3.59. The molecular formula is C25H42O4. The van der Waals surface area contributed by atoms with E-state index in [1.807, 2.05) is 0 Å². The quantitative estimate of drug-likeness (QED) is 0.166. The summed E-state index contributed by atoms with van der Waals surface area (Å²) in [7, 11) is 0. The highest BCUT2D eigenvalue weighted by Gasteiger charge is 2.22. The van der Waals surface area contributed by atoms with Crippen molar-refractivity contribution in [1.82, 2.24) is 0 Å². The third-order valence-electron chi connectivity index (χ3n) is 4.93. The van der Waals surface area contributed by atoms with E-state index < -0.39 is 18.3 Å². The zero-order chi connectivity index (χ0) is 21.6. The summed E-state index contributed by atoms with van der Waals surface area (Å²) in [5, 5.41) is 37.9. The second kappa shape index (κ2) is 21.4. The lowest BCUT2D eigenvalue weighted by molar-refractivity contribution is -0.0412. The van der Waals surface area contributed by atoms with Crippen molar-refractivity contribution in [3.8, 4) is 23.7 Å². The van der Waals surface area contributed by atoms with Gasteiger partial charge >= 0.3 is 0 Å². The topological polar surface area (TPSA) is 80.9 Å². The maximum absolute atomic E-state index is 9.92. The maximum Gasteiger partial charge on any atom is 0.144 e. The molecule has 4 N–H and O–H groups in total. The van der Waals surface area contributed by atoms with Crippen molar-refractivity contribution in [3.63, 3.8) is 0 Å². The molecule has 0 radical (unpaired) electrons. The number of allylic oxidation sites excluding steroid dienone is 2. The van der Waals surface area contributed by atoms with Gasteiger partial charge in [0.05, 0.1) is 6.10 Å². The number of rotatable bonds is 17. The maximum atomic E-state index is 9.92. The van der Waals surface area contributed by atoms with Crippen molar-refractivity contribution in [1.29, 1.82) is 0 Å². The molecule has 0 bridgehead atoms. The lowest BCUT2D eigenvalue weighted by Crippen LogP contribution is -2.36. The van der Waals surface area contributed by atoms with E-state index in [0.717, 1.165) is 19.3 Å². The third-order valence-corrected chi connectivity index (χ3v) is 4.93. The molecule has 0 aromatic heterocycles. The van der Waals surface area contributed by atoms with E-state index in [2.05, 4.69) is 42.8 Å². The van der Waals surface area contributed by atoms with Gasteiger partial charge in [0.1, 0.15) is 18.8 Å². The molecule has 0 aromatic rings. The molecule has 4 nitrogen and oxygen atoms in total. The minimum Gasteiger partial charge on any atom is -0.390 e. The SMILES string of the molecule is CCCCCCCCCCCC/C=C\CCCC(O)C(O)C(O)C#CC#CCO. The van der Waals surface area contributed by atoms with Crippen LogP contribution in [-0.4, -0.2) is 45.3 Å². The van der Waals surface area contributed by atoms with Crippen LogP contribution < -0.4 is 0 Å². The van der Waals surface area contributed by atoms with Gasteiger partial charge in [-0.2, -0.15) is 0 Å². The first-order valence-corrected chi connectivity index (χ1v) is 11.4. The largest absolute Gasteiger partial charge is 0.390 e. The van der Waals surface area contributed by atoms with Gasteiger partial charge in [0.2, 0.25) is 0 Å². The van der Waals surface area contributed by atoms with Crippen molar-refractivity contribution in [3.05, 3.63) is 12.2 Å². The van der Waals surface area contributed by atoms with Crippen molar-refractivity contribution >= 4 is 0 Å². The highest BCUT2D eigenvalue weighted by atomic mass is 16.4. The van der Waals surface area contributed by atoms with Gasteiger partial charge in [0, 0.05) is 0 Å². The Morgan fingerprint density at radius 2 is 1.28 bits per heavy atom. The molecule has 0 spiro atoms. The Labute approximate surface area is 178 Å². The van der Waals surface area contributed by atoms with Crippen molar-refractivity contribution < 1.29 is 20.4 Å². The Kier molecular flexibility index (Phi) is 20.5. The summed E-state index contributed by atoms with van der Waals surface area (Å²) in [5.74, 6) is 9.35. The summed E-state index contributed by atoms with van der Waals surface area (Å²) in [6.45, 7) is 1.95. The average Bonchev–Trinajstić information content (AvgIpc) is 2.73. The van der Waals surface area contributed by atoms with Crippen LogP contribution in [0.1, 0.15) is 96.8 Å². The van der Waals surface area contributed by atoms with Crippen LogP contribution in [0.4, 0.5) is 0 Å². The number of aliphatic hydroxyl groups excluding tert-OH is 4. The fourth-order valence-corrected chi connectivity index (χ4v) is 3.09. The van der Waals surface area contributed by atoms with Gasteiger partial charge in [0.25, 0.3) is 0 Å². The molecule has 0 amide bonds. The first kappa shape index (κ1) is 27.7. The second-order valence-electron chi connectivity index (χ2n) is 7.60. The Morgan fingerprint density at radius 3 is 1.86 bits per heavy atom. The monoisotopic (exact) mass is 406 g/mol. The Hall–Kier alpha value is -1.30. The van der Waals surface area contributed by atoms with Gasteiger partial charge in [-0.1, -0.05) is 88.7 Å². The molecule has 0 fully saturated rings. The van der Waals surface area contributed by atoms with E-state index >= 15 is 0 Å². The predicted molar refractivity (Wildman–Crippen MR) is 120 cm³/mol. The molecule has 0 aliphatic heterocycles. The molecule has 0 aromatic carbocycles. The Morgan fingerprint density at radius 1 is 0.724 bits per heavy atom. The number of hydrogen-bond donors (Lipinski definition) is 4. The molecule has 0 rings (SSSR count). The molecule has 0 saturated carbocycles. The average molecular weight is 407 g/mol. The molecular weight excluding hydrogens is 364 g/mol. The molecule has 0 aliphatic rings. The zero-order valence-electron chi connectivity index (χ0n) is 18.3. The number of unbranched alkanes of at least 4 members (excludes halogenated alkanes) is 11. The smallest absolute Gasteiger partial charge is 0.144 e. The highest BCUT2D eigenvalue weighted by Crippen LogP contribution is 2.12. The highest BCUT2D eigenvalue weighted by molar-refractivity contribution is 5.27. The molecule has 0 saturated heterocycles. The van der Waals surface area contributed by atoms with Gasteiger partial charge < -0.3 is 20.4 Å². The molecule has 0 aliphatic carbocycles. The molecule has 29 heavy (non-hydrogen) atoms. The first-order chi connectivity index (χ1) is 14.1. The normalized spacial score (nSPS) is 14.0. The fourth-order valence-electron chi connectivity index (χ4n) is 3.09. The summed E-state index contributed by atoms with van der Waals surface area (Å²) >= 11 is 0. The summed E-state index contributed by atoms with van der Waals surface area (Å²) in [5.41, 5.74) is 0. The number of hydrogen-bond acceptors (Lipinski definition) is 4. The second-order valence-corrected chi connectivity index (χ2v) is 7.60. The van der Waals surface area contributed by atoms with Crippen LogP contribution in [0.3, 0.4) is 0 Å². The summed E-state index contributed by atoms with van der Waals surface area (Å²) < 4.78 is 0. The molecule has 3 unspecified atom stereocenters. The van der Waals surface area contributed by atoms with E-state index in [-0.39, 0.29) is 6.61 Å². The summed E-state index contributed by atoms with van der Waals surface area (Å²) in [4.78, 5) is 0. The van der Waals surface area contributed by atoms with E-state index in [9.17, 15) is 15.3 Å². The standard InChI is InChI=1S/C25H42O4/c1-2-3-4-5-6-7-8-9-10-11-12-13-14-15-17-20-23(27)25(29)24(28)21-18-16-19-22-26/h13-14,23-29H,2-12,15,17,20,22H2,1H3/b14-13-. The van der Waals surface area contributed by atoms with E-state index in [0.29, 0.717) is 6.42 Å². The van der Waals surface area contributed by atoms with Gasteiger partial charge in [-0.15, -0.1) is 0 Å². The molecule has 3 atom stereocenters. The van der Waals surface area contributed by atoms with Crippen molar-refractivity contribution in [2.75, 3.05) is 6.61 Å². The zero-order valence-corrected chi connectivity index (χ0v) is 18.3. The third kappa shape index (κ3) is 18.5. The molecule has 0 heterocycles. The van der Waals surface area contributed by atoms with Crippen LogP contribution in [0.15, 0.2) is 12.2 Å². The molecule has 4 heteroatoms. The van der Waals surface area contributed by atoms with Gasteiger partial charge in [-0.3, -0.25) is 0 Å². The van der Waals surface area contributed by atoms with Gasteiger partial charge in [-0.25, -0.2) is 0 Å². The lowest BCUT2D eigenvalue weighted by atomic mass is 10.0. The van der Waals surface area contributed by atoms with Gasteiger partial charge in [-0.05, 0) is 43.9 Å². The van der Waals surface area contributed by atoms with E-state index in [1.54, 1.807) is 0 Å².